The molecule has 1 aromatic heterocycles. The maximum atomic E-state index is 5.97. The molecule has 0 spiro atoms. The van der Waals surface area contributed by atoms with Crippen LogP contribution in [0.3, 0.4) is 0 Å². The Bertz CT molecular complexity index is 235. The van der Waals surface area contributed by atoms with E-state index in [4.69, 9.17) is 17.3 Å². The normalized spacial score (nSPS) is 10.6. The van der Waals surface area contributed by atoms with Gasteiger partial charge in [0.15, 0.2) is 0 Å². The minimum absolute atomic E-state index is 0.819. The highest BCUT2D eigenvalue weighted by atomic mass is 35.5. The van der Waals surface area contributed by atoms with Gasteiger partial charge in [0.1, 0.15) is 0 Å². The highest BCUT2D eigenvalue weighted by molar-refractivity contribution is 7.10. The van der Waals surface area contributed by atoms with Crippen molar-refractivity contribution in [3.05, 3.63) is 21.3 Å². The Morgan fingerprint density at radius 1 is 1.23 bits per heavy atom. The van der Waals surface area contributed by atoms with E-state index < -0.39 is 0 Å². The predicted octanol–water partition coefficient (Wildman–Crippen LogP) is 3.46. The van der Waals surface area contributed by atoms with Gasteiger partial charge in [0.25, 0.3) is 0 Å². The van der Waals surface area contributed by atoms with E-state index in [0.29, 0.717) is 0 Å². The molecular formula is C10H16ClNS. The van der Waals surface area contributed by atoms with Crippen LogP contribution in [0, 0.1) is 0 Å². The number of thiophene rings is 1. The van der Waals surface area contributed by atoms with Crippen LogP contribution in [-0.4, -0.2) is 6.54 Å². The minimum Gasteiger partial charge on any atom is -0.330 e. The van der Waals surface area contributed by atoms with Crippen molar-refractivity contribution in [2.45, 2.75) is 32.1 Å². The molecule has 0 aliphatic carbocycles. The van der Waals surface area contributed by atoms with Crippen molar-refractivity contribution in [1.29, 1.82) is 0 Å². The maximum Gasteiger partial charge on any atom is 0.0544 e. The topological polar surface area (TPSA) is 26.0 Å². The monoisotopic (exact) mass is 217 g/mol. The van der Waals surface area contributed by atoms with Gasteiger partial charge in [0.2, 0.25) is 0 Å². The highest BCUT2D eigenvalue weighted by Gasteiger charge is 2.00. The minimum atomic E-state index is 0.819. The van der Waals surface area contributed by atoms with Gasteiger partial charge in [-0.05, 0) is 37.3 Å². The van der Waals surface area contributed by atoms with E-state index in [0.717, 1.165) is 24.4 Å². The highest BCUT2D eigenvalue weighted by Crippen LogP contribution is 2.23. The summed E-state index contributed by atoms with van der Waals surface area (Å²) in [6.07, 6.45) is 6.03. The molecule has 13 heavy (non-hydrogen) atoms. The van der Waals surface area contributed by atoms with E-state index in [-0.39, 0.29) is 0 Å². The van der Waals surface area contributed by atoms with E-state index in [9.17, 15) is 0 Å². The lowest BCUT2D eigenvalue weighted by atomic mass is 10.1. The Kier molecular flexibility index (Phi) is 5.44. The fourth-order valence-corrected chi connectivity index (χ4v) is 2.46. The van der Waals surface area contributed by atoms with E-state index >= 15 is 0 Å². The van der Waals surface area contributed by atoms with Crippen LogP contribution in [0.2, 0.25) is 5.02 Å². The van der Waals surface area contributed by atoms with E-state index in [1.54, 1.807) is 11.3 Å². The fourth-order valence-electron chi connectivity index (χ4n) is 1.29. The van der Waals surface area contributed by atoms with Gasteiger partial charge >= 0.3 is 0 Å². The molecule has 2 N–H and O–H groups in total. The summed E-state index contributed by atoms with van der Waals surface area (Å²) in [4.78, 5) is 1.33. The molecule has 0 saturated heterocycles. The first kappa shape index (κ1) is 11.0. The van der Waals surface area contributed by atoms with Crippen LogP contribution in [0.5, 0.6) is 0 Å². The van der Waals surface area contributed by atoms with Crippen LogP contribution in [0.1, 0.15) is 30.6 Å². The van der Waals surface area contributed by atoms with E-state index in [1.165, 1.54) is 24.1 Å². The SMILES string of the molecule is NCCCCCCc1sccc1Cl. The summed E-state index contributed by atoms with van der Waals surface area (Å²) < 4.78 is 0. The summed E-state index contributed by atoms with van der Waals surface area (Å²) >= 11 is 7.73. The Balaban J connectivity index is 2.10. The first-order chi connectivity index (χ1) is 6.34. The average Bonchev–Trinajstić information content (AvgIpc) is 2.52. The van der Waals surface area contributed by atoms with Crippen molar-refractivity contribution in [1.82, 2.24) is 0 Å². The zero-order chi connectivity index (χ0) is 9.52. The second-order valence-electron chi connectivity index (χ2n) is 3.14. The molecule has 0 aliphatic heterocycles. The van der Waals surface area contributed by atoms with Gasteiger partial charge < -0.3 is 5.73 Å². The third-order valence-corrected chi connectivity index (χ3v) is 3.50. The Morgan fingerprint density at radius 3 is 2.62 bits per heavy atom. The predicted molar refractivity (Wildman–Crippen MR) is 60.6 cm³/mol. The van der Waals surface area contributed by atoms with Gasteiger partial charge in [-0.1, -0.05) is 24.4 Å². The van der Waals surface area contributed by atoms with Crippen molar-refractivity contribution < 1.29 is 0 Å². The second-order valence-corrected chi connectivity index (χ2v) is 4.55. The number of nitrogens with two attached hydrogens (primary N) is 1. The third-order valence-electron chi connectivity index (χ3n) is 2.05. The zero-order valence-corrected chi connectivity index (χ0v) is 9.33. The molecule has 0 bridgehead atoms. The summed E-state index contributed by atoms with van der Waals surface area (Å²) in [6, 6.07) is 1.97. The molecule has 1 heterocycles. The van der Waals surface area contributed by atoms with Gasteiger partial charge in [-0.2, -0.15) is 0 Å². The molecule has 0 amide bonds. The summed E-state index contributed by atoms with van der Waals surface area (Å²) in [7, 11) is 0. The third kappa shape index (κ3) is 4.12. The molecule has 0 saturated carbocycles. The van der Waals surface area contributed by atoms with Gasteiger partial charge in [-0.3, -0.25) is 0 Å². The molecule has 0 unspecified atom stereocenters. The summed E-state index contributed by atoms with van der Waals surface area (Å²) in [5.74, 6) is 0. The van der Waals surface area contributed by atoms with Crippen molar-refractivity contribution in [2.75, 3.05) is 6.54 Å². The molecule has 1 aromatic rings. The Hall–Kier alpha value is -0.0500. The molecule has 0 atom stereocenters. The summed E-state index contributed by atoms with van der Waals surface area (Å²) in [6.45, 7) is 0.819. The largest absolute Gasteiger partial charge is 0.330 e. The first-order valence-electron chi connectivity index (χ1n) is 4.76. The first-order valence-corrected chi connectivity index (χ1v) is 6.02. The van der Waals surface area contributed by atoms with Crippen LogP contribution in [0.25, 0.3) is 0 Å². The van der Waals surface area contributed by atoms with Crippen LogP contribution in [-0.2, 0) is 6.42 Å². The number of halogens is 1. The fraction of sp³-hybridized carbons (Fsp3) is 0.600. The smallest absolute Gasteiger partial charge is 0.0544 e. The lowest BCUT2D eigenvalue weighted by molar-refractivity contribution is 0.649. The van der Waals surface area contributed by atoms with E-state index in [2.05, 4.69) is 5.38 Å². The maximum absolute atomic E-state index is 5.97. The lowest BCUT2D eigenvalue weighted by Crippen LogP contribution is -1.97. The molecule has 3 heteroatoms. The standard InChI is InChI=1S/C10H16ClNS/c11-9-6-8-13-10(9)5-3-1-2-4-7-12/h6,8H,1-5,7,12H2. The van der Waals surface area contributed by atoms with Crippen molar-refractivity contribution in [3.8, 4) is 0 Å². The van der Waals surface area contributed by atoms with Crippen LogP contribution >= 0.6 is 22.9 Å². The molecule has 74 valence electrons. The summed E-state index contributed by atoms with van der Waals surface area (Å²) in [5.41, 5.74) is 5.41. The number of aryl methyl sites for hydroxylation is 1. The molecular weight excluding hydrogens is 202 g/mol. The molecule has 0 aromatic carbocycles. The number of unbranched alkanes of at least 4 members (excludes halogenated alkanes) is 3. The second kappa shape index (κ2) is 6.41. The molecule has 1 nitrogen and oxygen atoms in total. The van der Waals surface area contributed by atoms with Gasteiger partial charge in [-0.25, -0.2) is 0 Å². The van der Waals surface area contributed by atoms with Crippen LogP contribution in [0.15, 0.2) is 11.4 Å². The number of rotatable bonds is 6. The summed E-state index contributed by atoms with van der Waals surface area (Å²) in [5, 5.41) is 2.99. The molecule has 0 fully saturated rings. The molecule has 0 radical (unpaired) electrons. The van der Waals surface area contributed by atoms with Crippen LogP contribution in [0.4, 0.5) is 0 Å². The zero-order valence-electron chi connectivity index (χ0n) is 7.76. The number of hydrogen-bond donors (Lipinski definition) is 1. The van der Waals surface area contributed by atoms with Crippen molar-refractivity contribution >= 4 is 22.9 Å². The molecule has 0 aliphatic rings. The van der Waals surface area contributed by atoms with Crippen molar-refractivity contribution in [2.24, 2.45) is 5.73 Å². The van der Waals surface area contributed by atoms with Crippen LogP contribution < -0.4 is 5.73 Å². The molecule has 1 rings (SSSR count). The average molecular weight is 218 g/mol. The Labute approximate surface area is 88.9 Å². The van der Waals surface area contributed by atoms with E-state index in [1.807, 2.05) is 6.07 Å². The van der Waals surface area contributed by atoms with Gasteiger partial charge in [0, 0.05) is 4.88 Å². The number of hydrogen-bond acceptors (Lipinski definition) is 2. The Morgan fingerprint density at radius 2 is 2.00 bits per heavy atom. The van der Waals surface area contributed by atoms with Crippen molar-refractivity contribution in [3.63, 3.8) is 0 Å². The van der Waals surface area contributed by atoms with Gasteiger partial charge in [-0.15, -0.1) is 11.3 Å². The quantitative estimate of drug-likeness (QED) is 0.726. The van der Waals surface area contributed by atoms with Gasteiger partial charge in [0.05, 0.1) is 5.02 Å². The lowest BCUT2D eigenvalue weighted by Gasteiger charge is -1.98.